The molecule has 0 saturated carbocycles. The zero-order valence-corrected chi connectivity index (χ0v) is 48.6. The first-order valence-electron chi connectivity index (χ1n) is 22.5. The van der Waals surface area contributed by atoms with Crippen molar-refractivity contribution < 1.29 is 265 Å². The van der Waals surface area contributed by atoms with Gasteiger partial charge in [-0.1, -0.05) is 0 Å². The van der Waals surface area contributed by atoms with Gasteiger partial charge in [0.25, 0.3) is 7.82 Å². The van der Waals surface area contributed by atoms with Crippen LogP contribution >= 0.6 is 15.6 Å². The van der Waals surface area contributed by atoms with E-state index in [2.05, 4.69) is 9.05 Å². The molecule has 22 rings (SSSR count). The fourth-order valence-corrected chi connectivity index (χ4v) is 9.90. The molecule has 36 nitrogen and oxygen atoms in total. The molecule has 17 N–H and O–H groups in total. The van der Waals surface area contributed by atoms with Crippen LogP contribution in [-0.2, 0) is 75.0 Å². The summed E-state index contributed by atoms with van der Waals surface area (Å²) in [5, 5.41) is 177. The molecule has 432 valence electrons. The molecule has 1 unspecified atom stereocenters. The molecule has 22 aliphatic heterocycles. The summed E-state index contributed by atoms with van der Waals surface area (Å²) < 4.78 is 99.4. The van der Waals surface area contributed by atoms with Crippen LogP contribution in [0.3, 0.4) is 0 Å². The molecule has 31 atom stereocenters. The van der Waals surface area contributed by atoms with Crippen molar-refractivity contribution in [2.45, 2.75) is 184 Å². The van der Waals surface area contributed by atoms with Crippen LogP contribution in [-0.4, -0.2) is 310 Å². The quantitative estimate of drug-likeness (QED) is 0.0713. The summed E-state index contributed by atoms with van der Waals surface area (Å²) in [5.74, 6) is 0. The van der Waals surface area contributed by atoms with Gasteiger partial charge in [0, 0.05) is 0 Å². The Morgan fingerprint density at radius 2 is 0.494 bits per heavy atom. The fraction of sp³-hybridized carbons (Fsp3) is 1.00. The maximum atomic E-state index is 11.7. The summed E-state index contributed by atoms with van der Waals surface area (Å²) in [5.41, 5.74) is 0. The summed E-state index contributed by atoms with van der Waals surface area (Å²) in [4.78, 5) is 44.2. The Morgan fingerprint density at radius 3 is 0.675 bits per heavy atom. The van der Waals surface area contributed by atoms with Crippen LogP contribution in [0.5, 0.6) is 0 Å². The van der Waals surface area contributed by atoms with Crippen LogP contribution in [0.25, 0.3) is 0 Å². The van der Waals surface area contributed by atoms with Crippen LogP contribution in [0.4, 0.5) is 0 Å². The third-order valence-corrected chi connectivity index (χ3v) is 14.1. The van der Waals surface area contributed by atoms with E-state index in [9.17, 15) is 110 Å². The van der Waals surface area contributed by atoms with Crippen LogP contribution in [0.15, 0.2) is 0 Å². The van der Waals surface area contributed by atoms with E-state index in [0.717, 1.165) is 0 Å². The van der Waals surface area contributed by atoms with E-state index in [0.29, 0.717) is 0 Å². The van der Waals surface area contributed by atoms with Gasteiger partial charge in [0.1, 0.15) is 146 Å². The second-order valence-corrected chi connectivity index (χ2v) is 20.3. The Balaban J connectivity index is 0.00000427. The van der Waals surface area contributed by atoms with Crippen molar-refractivity contribution in [1.82, 2.24) is 0 Å². The number of hydrogen-bond acceptors (Lipinski definition) is 35. The zero-order chi connectivity index (χ0) is 54.5. The van der Waals surface area contributed by atoms with Gasteiger partial charge >= 0.3 is 88.7 Å². The molecule has 22 heterocycles. The molecule has 0 aromatic heterocycles. The van der Waals surface area contributed by atoms with Gasteiger partial charge in [-0.3, -0.25) is 4.57 Å². The monoisotopic (exact) mass is 1200 g/mol. The van der Waals surface area contributed by atoms with Crippen LogP contribution in [0.2, 0.25) is 0 Å². The third kappa shape index (κ3) is 16.4. The molecule has 0 radical (unpaired) electrons. The minimum absolute atomic E-state index is 0. The molecule has 77 heavy (non-hydrogen) atoms. The van der Waals surface area contributed by atoms with Crippen LogP contribution < -0.4 is 103 Å². The van der Waals surface area contributed by atoms with E-state index >= 15 is 0 Å². The first-order valence-corrected chi connectivity index (χ1v) is 25.5. The molecule has 0 aromatic carbocycles. The first-order chi connectivity index (χ1) is 34.7. The Hall–Kier alpha value is 2.10. The number of ether oxygens (including phenoxy) is 12. The van der Waals surface area contributed by atoms with E-state index in [1.807, 2.05) is 0 Å². The Kier molecular flexibility index (Phi) is 28.0. The van der Waals surface area contributed by atoms with Gasteiger partial charge in [-0.05, 0) is 0 Å². The van der Waals surface area contributed by atoms with Crippen LogP contribution in [0.1, 0.15) is 0 Å². The molecule has 0 spiro atoms. The molecular formula is C36H59Na3O36P2. The van der Waals surface area contributed by atoms with Crippen molar-refractivity contribution in [2.24, 2.45) is 0 Å². The third-order valence-electron chi connectivity index (χ3n) is 13.1. The summed E-state index contributed by atoms with van der Waals surface area (Å²) in [6.45, 7) is -7.21. The maximum Gasteiger partial charge on any atom is 1.00 e. The summed E-state index contributed by atoms with van der Waals surface area (Å²) in [7, 11) is -11.5. The predicted molar refractivity (Wildman–Crippen MR) is 211 cm³/mol. The van der Waals surface area contributed by atoms with Crippen molar-refractivity contribution in [1.29, 1.82) is 0 Å². The van der Waals surface area contributed by atoms with Gasteiger partial charge in [-0.2, -0.15) is 0 Å². The molecule has 0 amide bonds. The van der Waals surface area contributed by atoms with Crippen molar-refractivity contribution in [3.8, 4) is 0 Å². The normalized spacial score (nSPS) is 49.8. The van der Waals surface area contributed by atoms with Gasteiger partial charge in [0.2, 0.25) is 0 Å². The average Bonchev–Trinajstić information content (AvgIpc) is 3.34. The van der Waals surface area contributed by atoms with Gasteiger partial charge < -0.3 is 172 Å². The minimum atomic E-state index is -5.90. The van der Waals surface area contributed by atoms with Gasteiger partial charge in [0.15, 0.2) is 37.7 Å². The molecule has 12 bridgehead atoms. The summed E-state index contributed by atoms with van der Waals surface area (Å²) in [6.07, 6.45) is -64.9. The number of phosphoric acid groups is 2. The molecular weight excluding hydrogens is 1140 g/mol. The van der Waals surface area contributed by atoms with Crippen LogP contribution in [0, 0.1) is 0 Å². The number of hydrogen-bond donors (Lipinski definition) is 17. The fourth-order valence-electron chi connectivity index (χ4n) is 9.23. The molecule has 22 saturated heterocycles. The van der Waals surface area contributed by atoms with Crippen molar-refractivity contribution >= 4 is 15.6 Å². The second-order valence-electron chi connectivity index (χ2n) is 18.0. The maximum absolute atomic E-state index is 11.7. The van der Waals surface area contributed by atoms with E-state index in [-0.39, 0.29) is 88.7 Å². The van der Waals surface area contributed by atoms with Gasteiger partial charge in [-0.25, -0.2) is 0 Å². The summed E-state index contributed by atoms with van der Waals surface area (Å²) >= 11 is 0. The molecule has 0 aromatic rings. The Labute approximate surface area is 500 Å². The van der Waals surface area contributed by atoms with Gasteiger partial charge in [-0.15, -0.1) is 0 Å². The Bertz CT molecular complexity index is 1760. The standard InChI is InChI=1S/C36H62O36P2.3Na/c37-1-7-25-15(43)21(49)33(63-7)71-29-11(5-59-73(53,54)55)65-35(23(51)17(29)45)70-28-10(4-40)62-32(20(48)14(28)42)68-26-8(2-38)64-34(22(50)16(26)44)72-30-12(6-60-74(56,57)58)66-36(24(52)18(30)46)69-27-9(3-39)61-31(67-25)19(47)13(27)41;;;/h7-52H,1-6H2,(H2,53,54,55)(H2,56,57,58);;;/q;3*+1/p-3/t7-,8-,9-,10-,11-,12-,13-,14-,15-,16-,17-,18-,19-,20-,21-,22-,23-,24-,25-,26-,27-,28-,29-,30-,31-,32-,33-,34-,35-,36-;;;/m1.../s1. The van der Waals surface area contributed by atoms with Crippen molar-refractivity contribution in [2.75, 3.05) is 39.6 Å². The number of rotatable bonds is 10. The number of aliphatic hydroxyl groups excluding tert-OH is 16. The summed E-state index contributed by atoms with van der Waals surface area (Å²) in [6, 6.07) is 0. The molecule has 0 aliphatic carbocycles. The first kappa shape index (κ1) is 71.6. The second kappa shape index (κ2) is 30.1. The topological polar surface area (TPSA) is 576 Å². The van der Waals surface area contributed by atoms with E-state index in [4.69, 9.17) is 56.8 Å². The van der Waals surface area contributed by atoms with E-state index in [1.165, 1.54) is 0 Å². The van der Waals surface area contributed by atoms with E-state index < -0.39 is 240 Å². The van der Waals surface area contributed by atoms with Crippen molar-refractivity contribution in [3.05, 3.63) is 0 Å². The largest absolute Gasteiger partial charge is 1.00 e. The van der Waals surface area contributed by atoms with Crippen molar-refractivity contribution in [3.63, 3.8) is 0 Å². The zero-order valence-electron chi connectivity index (χ0n) is 40.8. The molecule has 22 aliphatic rings. The predicted octanol–water partition coefficient (Wildman–Crippen LogP) is -23.7. The van der Waals surface area contributed by atoms with Gasteiger partial charge in [0.05, 0.1) is 47.5 Å². The number of aliphatic hydroxyl groups is 16. The Morgan fingerprint density at radius 1 is 0.312 bits per heavy atom. The minimum Gasteiger partial charge on any atom is -0.790 e. The molecule has 22 fully saturated rings. The smallest absolute Gasteiger partial charge is 0.790 e. The number of phosphoric ester groups is 2. The molecule has 41 heteroatoms. The SMILES string of the molecule is O=P([O-])([O-])OC[C@H]1O[C@@H]2O[C@H]3[C@H](O)[C@@H](O)[C@@H](O[C@H]4[C@H](O)[C@@H](O)[C@@H](O[C@H]5[C@H](O)[C@@H](O)[C@@H](O[C@H]6[C@H](O)[C@@H](O)[C@@H](O[C@H]7[C@H](O)[C@@H](O)[C@@H](O[C@H]1[C@H](O)[C@H]2O)O[C@@H]7CO)O[C@@H]6CO)O[C@@H]5COP(=O)([O-])O)O[C@@H]4CO)O[C@@H]3CO.[Na+].[Na+].[Na+]. The van der Waals surface area contributed by atoms with E-state index in [1.54, 1.807) is 0 Å². The average molecular weight is 1200 g/mol.